The Hall–Kier alpha value is -2.74. The molecular formula is C18H19FN2O4S. The second kappa shape index (κ2) is 8.09. The molecule has 26 heavy (non-hydrogen) atoms. The summed E-state index contributed by atoms with van der Waals surface area (Å²) in [5.41, 5.74) is 1.22. The number of nitrogens with zero attached hydrogens (tertiary/aromatic N) is 1. The molecule has 8 heteroatoms. The Labute approximate surface area is 151 Å². The second-order valence-electron chi connectivity index (χ2n) is 5.99. The van der Waals surface area contributed by atoms with E-state index in [0.29, 0.717) is 16.8 Å². The minimum absolute atomic E-state index is 0.104. The fourth-order valence-corrected chi connectivity index (χ4v) is 3.12. The molecule has 0 aliphatic heterocycles. The van der Waals surface area contributed by atoms with Crippen molar-refractivity contribution in [3.05, 3.63) is 65.5 Å². The van der Waals surface area contributed by atoms with Crippen molar-refractivity contribution in [2.24, 2.45) is 0 Å². The van der Waals surface area contributed by atoms with Gasteiger partial charge in [0.05, 0.1) is 12.3 Å². The zero-order valence-electron chi connectivity index (χ0n) is 14.4. The molecule has 0 aliphatic carbocycles. The van der Waals surface area contributed by atoms with Gasteiger partial charge in [-0.2, -0.15) is 0 Å². The fourth-order valence-electron chi connectivity index (χ4n) is 2.32. The quantitative estimate of drug-likeness (QED) is 0.834. The molecule has 1 N–H and O–H groups in total. The van der Waals surface area contributed by atoms with Gasteiger partial charge in [0.15, 0.2) is 9.84 Å². The lowest BCUT2D eigenvalue weighted by atomic mass is 10.1. The van der Waals surface area contributed by atoms with Gasteiger partial charge in [0.2, 0.25) is 5.91 Å². The Balaban J connectivity index is 1.97. The molecule has 6 nitrogen and oxygen atoms in total. The molecule has 0 saturated heterocycles. The Bertz CT molecular complexity index is 911. The van der Waals surface area contributed by atoms with E-state index >= 15 is 0 Å². The molecule has 138 valence electrons. The fraction of sp³-hybridized carbons (Fsp3) is 0.222. The zero-order valence-corrected chi connectivity index (χ0v) is 15.2. The smallest absolute Gasteiger partial charge is 0.254 e. The van der Waals surface area contributed by atoms with Gasteiger partial charge in [-0.25, -0.2) is 12.8 Å². The number of rotatable bonds is 6. The van der Waals surface area contributed by atoms with Crippen molar-refractivity contribution in [1.82, 2.24) is 4.90 Å². The van der Waals surface area contributed by atoms with E-state index in [1.807, 2.05) is 0 Å². The van der Waals surface area contributed by atoms with E-state index in [9.17, 15) is 22.4 Å². The molecule has 2 amide bonds. The second-order valence-corrected chi connectivity index (χ2v) is 8.13. The first-order chi connectivity index (χ1) is 12.1. The van der Waals surface area contributed by atoms with E-state index in [0.717, 1.165) is 6.26 Å². The average Bonchev–Trinajstić information content (AvgIpc) is 2.53. The van der Waals surface area contributed by atoms with E-state index < -0.39 is 21.6 Å². The van der Waals surface area contributed by atoms with Crippen molar-refractivity contribution in [2.75, 3.05) is 25.2 Å². The van der Waals surface area contributed by atoms with Crippen LogP contribution in [0.5, 0.6) is 0 Å². The summed E-state index contributed by atoms with van der Waals surface area (Å²) in [7, 11) is -1.68. The van der Waals surface area contributed by atoms with Crippen LogP contribution in [-0.2, 0) is 20.4 Å². The lowest BCUT2D eigenvalue weighted by molar-refractivity contribution is -0.116. The van der Waals surface area contributed by atoms with Gasteiger partial charge in [0.1, 0.15) is 5.82 Å². The molecule has 0 fully saturated rings. The molecule has 0 saturated carbocycles. The molecule has 0 aromatic heterocycles. The summed E-state index contributed by atoms with van der Waals surface area (Å²) in [6, 6.07) is 11.6. The van der Waals surface area contributed by atoms with E-state index in [1.165, 1.54) is 42.3 Å². The van der Waals surface area contributed by atoms with Crippen molar-refractivity contribution in [3.63, 3.8) is 0 Å². The van der Waals surface area contributed by atoms with Crippen LogP contribution < -0.4 is 5.32 Å². The van der Waals surface area contributed by atoms with Gasteiger partial charge in [-0.05, 0) is 35.9 Å². The Morgan fingerprint density at radius 2 is 1.77 bits per heavy atom. The van der Waals surface area contributed by atoms with Gasteiger partial charge >= 0.3 is 0 Å². The molecule has 0 spiro atoms. The summed E-state index contributed by atoms with van der Waals surface area (Å²) < 4.78 is 35.7. The summed E-state index contributed by atoms with van der Waals surface area (Å²) >= 11 is 0. The number of benzene rings is 2. The van der Waals surface area contributed by atoms with Gasteiger partial charge in [-0.15, -0.1) is 0 Å². The minimum atomic E-state index is -3.15. The third-order valence-electron chi connectivity index (χ3n) is 3.47. The standard InChI is InChI=1S/C18H19FN2O4S/c1-21(11-17(22)20-16-5-3-4-15(19)10-16)18(23)14-8-6-13(7-9-14)12-26(2,24)25/h3-10H,11-12H2,1-2H3,(H,20,22). The van der Waals surface area contributed by atoms with Crippen molar-refractivity contribution < 1.29 is 22.4 Å². The average molecular weight is 378 g/mol. The van der Waals surface area contributed by atoms with E-state index in [-0.39, 0.29) is 18.2 Å². The van der Waals surface area contributed by atoms with Crippen LogP contribution in [0.25, 0.3) is 0 Å². The van der Waals surface area contributed by atoms with Crippen molar-refractivity contribution in [3.8, 4) is 0 Å². The Morgan fingerprint density at radius 3 is 2.35 bits per heavy atom. The molecular weight excluding hydrogens is 359 g/mol. The number of hydrogen-bond donors (Lipinski definition) is 1. The highest BCUT2D eigenvalue weighted by molar-refractivity contribution is 7.89. The summed E-state index contributed by atoms with van der Waals surface area (Å²) in [4.78, 5) is 25.6. The molecule has 0 unspecified atom stereocenters. The van der Waals surface area contributed by atoms with Gasteiger partial charge in [0.25, 0.3) is 5.91 Å². The summed E-state index contributed by atoms with van der Waals surface area (Å²) in [5, 5.41) is 2.52. The molecule has 0 bridgehead atoms. The normalized spacial score (nSPS) is 11.0. The van der Waals surface area contributed by atoms with Crippen LogP contribution in [0, 0.1) is 5.82 Å². The summed E-state index contributed by atoms with van der Waals surface area (Å²) in [5.74, 6) is -1.42. The SMILES string of the molecule is CN(CC(=O)Nc1cccc(F)c1)C(=O)c1ccc(CS(C)(=O)=O)cc1. The minimum Gasteiger partial charge on any atom is -0.332 e. The molecule has 2 aromatic carbocycles. The first-order valence-electron chi connectivity index (χ1n) is 7.71. The van der Waals surface area contributed by atoms with Crippen LogP contribution in [0.15, 0.2) is 48.5 Å². The third-order valence-corrected chi connectivity index (χ3v) is 4.32. The first-order valence-corrected chi connectivity index (χ1v) is 9.77. The number of carbonyl (C=O) groups excluding carboxylic acids is 2. The van der Waals surface area contributed by atoms with Crippen molar-refractivity contribution >= 4 is 27.3 Å². The van der Waals surface area contributed by atoms with Crippen LogP contribution in [0.4, 0.5) is 10.1 Å². The lowest BCUT2D eigenvalue weighted by Gasteiger charge is -2.17. The van der Waals surface area contributed by atoms with Crippen LogP contribution in [-0.4, -0.2) is 45.0 Å². The maximum atomic E-state index is 13.1. The van der Waals surface area contributed by atoms with Gasteiger partial charge in [0, 0.05) is 24.6 Å². The van der Waals surface area contributed by atoms with Gasteiger partial charge < -0.3 is 10.2 Å². The summed E-state index contributed by atoms with van der Waals surface area (Å²) in [6.45, 7) is -0.208. The largest absolute Gasteiger partial charge is 0.332 e. The van der Waals surface area contributed by atoms with E-state index in [4.69, 9.17) is 0 Å². The zero-order chi connectivity index (χ0) is 19.3. The maximum Gasteiger partial charge on any atom is 0.254 e. The molecule has 0 heterocycles. The van der Waals surface area contributed by atoms with Gasteiger partial charge in [-0.1, -0.05) is 18.2 Å². The van der Waals surface area contributed by atoms with Crippen molar-refractivity contribution in [2.45, 2.75) is 5.75 Å². The number of likely N-dealkylation sites (N-methyl/N-ethyl adjacent to an activating group) is 1. The van der Waals surface area contributed by atoms with Crippen LogP contribution in [0.2, 0.25) is 0 Å². The topological polar surface area (TPSA) is 83.6 Å². The molecule has 0 atom stereocenters. The highest BCUT2D eigenvalue weighted by atomic mass is 32.2. The van der Waals surface area contributed by atoms with Crippen molar-refractivity contribution in [1.29, 1.82) is 0 Å². The van der Waals surface area contributed by atoms with E-state index in [2.05, 4.69) is 5.32 Å². The maximum absolute atomic E-state index is 13.1. The lowest BCUT2D eigenvalue weighted by Crippen LogP contribution is -2.34. The Morgan fingerprint density at radius 1 is 1.12 bits per heavy atom. The highest BCUT2D eigenvalue weighted by Crippen LogP contribution is 2.11. The number of carbonyl (C=O) groups is 2. The molecule has 2 aromatic rings. The number of halogens is 1. The number of sulfone groups is 1. The number of amides is 2. The summed E-state index contributed by atoms with van der Waals surface area (Å²) in [6.07, 6.45) is 1.14. The Kier molecular flexibility index (Phi) is 6.10. The monoisotopic (exact) mass is 378 g/mol. The van der Waals surface area contributed by atoms with E-state index in [1.54, 1.807) is 18.2 Å². The number of hydrogen-bond acceptors (Lipinski definition) is 4. The number of anilines is 1. The predicted molar refractivity (Wildman–Crippen MR) is 97.0 cm³/mol. The molecule has 2 rings (SSSR count). The predicted octanol–water partition coefficient (Wildman–Crippen LogP) is 2.08. The first kappa shape index (κ1) is 19.6. The van der Waals surface area contributed by atoms with Crippen LogP contribution in [0.3, 0.4) is 0 Å². The van der Waals surface area contributed by atoms with Crippen LogP contribution >= 0.6 is 0 Å². The third kappa shape index (κ3) is 5.96. The van der Waals surface area contributed by atoms with Crippen LogP contribution in [0.1, 0.15) is 15.9 Å². The number of nitrogens with one attached hydrogen (secondary N) is 1. The molecule has 0 aliphatic rings. The molecule has 0 radical (unpaired) electrons. The van der Waals surface area contributed by atoms with Gasteiger partial charge in [-0.3, -0.25) is 9.59 Å². The highest BCUT2D eigenvalue weighted by Gasteiger charge is 2.15.